The summed E-state index contributed by atoms with van der Waals surface area (Å²) in [5.74, 6) is -0.420. The zero-order valence-corrected chi connectivity index (χ0v) is 10.6. The van der Waals surface area contributed by atoms with Crippen LogP contribution in [0.4, 0.5) is 5.69 Å². The second-order valence-electron chi connectivity index (χ2n) is 4.05. The number of anilines is 1. The van der Waals surface area contributed by atoms with Gasteiger partial charge in [-0.15, -0.1) is 0 Å². The summed E-state index contributed by atoms with van der Waals surface area (Å²) < 4.78 is 5.23. The number of nitrogens with one attached hydrogen (secondary N) is 1. The fourth-order valence-electron chi connectivity index (χ4n) is 1.41. The number of ether oxygens (including phenoxy) is 1. The molecule has 0 saturated carbocycles. The number of rotatable bonds is 8. The third-order valence-corrected chi connectivity index (χ3v) is 2.47. The van der Waals surface area contributed by atoms with Gasteiger partial charge in [0.05, 0.1) is 0 Å². The van der Waals surface area contributed by atoms with Crippen LogP contribution in [0.5, 0.6) is 5.75 Å². The van der Waals surface area contributed by atoms with Crippen LogP contribution in [-0.2, 0) is 4.79 Å². The molecule has 0 heterocycles. The molecule has 1 aromatic rings. The van der Waals surface area contributed by atoms with Crippen molar-refractivity contribution in [1.82, 2.24) is 0 Å². The summed E-state index contributed by atoms with van der Waals surface area (Å²) >= 11 is 0. The van der Waals surface area contributed by atoms with E-state index in [1.165, 1.54) is 6.92 Å². The van der Waals surface area contributed by atoms with Crippen molar-refractivity contribution in [2.45, 2.75) is 25.9 Å². The maximum atomic E-state index is 10.6. The van der Waals surface area contributed by atoms with E-state index in [4.69, 9.17) is 15.6 Å². The number of nitrogens with two attached hydrogens (primary N) is 1. The molecule has 0 radical (unpaired) electrons. The highest BCUT2D eigenvalue weighted by molar-refractivity contribution is 5.72. The Morgan fingerprint density at radius 3 is 2.61 bits per heavy atom. The smallest absolute Gasteiger partial charge is 0.344 e. The molecule has 1 aromatic carbocycles. The van der Waals surface area contributed by atoms with Gasteiger partial charge in [-0.25, -0.2) is 4.79 Å². The van der Waals surface area contributed by atoms with E-state index in [0.717, 1.165) is 25.1 Å². The van der Waals surface area contributed by atoms with Crippen molar-refractivity contribution < 1.29 is 14.6 Å². The molecular weight excluding hydrogens is 232 g/mol. The second-order valence-corrected chi connectivity index (χ2v) is 4.05. The van der Waals surface area contributed by atoms with E-state index in [1.807, 2.05) is 12.1 Å². The van der Waals surface area contributed by atoms with Crippen molar-refractivity contribution in [3.8, 4) is 5.75 Å². The maximum Gasteiger partial charge on any atom is 0.344 e. The van der Waals surface area contributed by atoms with Crippen LogP contribution in [0.25, 0.3) is 0 Å². The Labute approximate surface area is 107 Å². The molecule has 18 heavy (non-hydrogen) atoms. The quantitative estimate of drug-likeness (QED) is 0.613. The van der Waals surface area contributed by atoms with Crippen molar-refractivity contribution in [3.05, 3.63) is 24.3 Å². The molecule has 1 rings (SSSR count). The molecule has 0 aromatic heterocycles. The number of carboxylic acid groups (broad SMARTS) is 1. The number of carbonyl (C=O) groups is 1. The fraction of sp³-hybridized carbons (Fsp3) is 0.462. The number of hydrogen-bond acceptors (Lipinski definition) is 4. The van der Waals surface area contributed by atoms with Crippen LogP contribution in [0.15, 0.2) is 24.3 Å². The molecule has 1 unspecified atom stereocenters. The average molecular weight is 252 g/mol. The standard InChI is InChI=1S/C13H20N2O3/c1-10(13(16)17)18-12-6-4-11(5-7-12)15-9-3-2-8-14/h4-7,10,15H,2-3,8-9,14H2,1H3,(H,16,17). The van der Waals surface area contributed by atoms with E-state index >= 15 is 0 Å². The van der Waals surface area contributed by atoms with Gasteiger partial charge in [-0.1, -0.05) is 0 Å². The first kappa shape index (κ1) is 14.3. The predicted octanol–water partition coefficient (Wildman–Crippen LogP) is 1.69. The number of benzene rings is 1. The topological polar surface area (TPSA) is 84.6 Å². The fourth-order valence-corrected chi connectivity index (χ4v) is 1.41. The summed E-state index contributed by atoms with van der Waals surface area (Å²) in [5, 5.41) is 12.0. The Kier molecular flexibility index (Phi) is 6.00. The van der Waals surface area contributed by atoms with Gasteiger partial charge in [-0.05, 0) is 50.6 Å². The Morgan fingerprint density at radius 1 is 1.39 bits per heavy atom. The van der Waals surface area contributed by atoms with Gasteiger partial charge < -0.3 is 20.9 Å². The van der Waals surface area contributed by atoms with E-state index in [2.05, 4.69) is 5.32 Å². The first-order valence-electron chi connectivity index (χ1n) is 6.07. The second kappa shape index (κ2) is 7.55. The van der Waals surface area contributed by atoms with Crippen molar-refractivity contribution in [3.63, 3.8) is 0 Å². The molecule has 1 atom stereocenters. The number of carboxylic acids is 1. The maximum absolute atomic E-state index is 10.6. The highest BCUT2D eigenvalue weighted by Gasteiger charge is 2.11. The third-order valence-electron chi connectivity index (χ3n) is 2.47. The summed E-state index contributed by atoms with van der Waals surface area (Å²) in [6.45, 7) is 3.09. The summed E-state index contributed by atoms with van der Waals surface area (Å²) in [6.07, 6.45) is 1.20. The Bertz CT molecular complexity index is 365. The summed E-state index contributed by atoms with van der Waals surface area (Å²) in [5.41, 5.74) is 6.39. The van der Waals surface area contributed by atoms with Crippen LogP contribution in [0.1, 0.15) is 19.8 Å². The molecule has 5 heteroatoms. The van der Waals surface area contributed by atoms with Gasteiger partial charge in [0.25, 0.3) is 0 Å². The first-order valence-corrected chi connectivity index (χ1v) is 6.07. The molecule has 5 nitrogen and oxygen atoms in total. The molecule has 4 N–H and O–H groups in total. The molecule has 0 aliphatic rings. The highest BCUT2D eigenvalue weighted by atomic mass is 16.5. The minimum Gasteiger partial charge on any atom is -0.479 e. The van der Waals surface area contributed by atoms with Crippen LogP contribution in [-0.4, -0.2) is 30.3 Å². The summed E-state index contributed by atoms with van der Waals surface area (Å²) in [6, 6.07) is 7.24. The average Bonchev–Trinajstić information content (AvgIpc) is 2.36. The van der Waals surface area contributed by atoms with Crippen LogP contribution in [0, 0.1) is 0 Å². The van der Waals surface area contributed by atoms with Crippen molar-refractivity contribution in [2.75, 3.05) is 18.4 Å². The molecule has 0 spiro atoms. The van der Waals surface area contributed by atoms with Gasteiger partial charge in [0.1, 0.15) is 5.75 Å². The van der Waals surface area contributed by atoms with E-state index in [0.29, 0.717) is 12.3 Å². The summed E-state index contributed by atoms with van der Waals surface area (Å²) in [7, 11) is 0. The number of unbranched alkanes of at least 4 members (excludes halogenated alkanes) is 1. The van der Waals surface area contributed by atoms with Crippen LogP contribution in [0.3, 0.4) is 0 Å². The van der Waals surface area contributed by atoms with Crippen LogP contribution < -0.4 is 15.8 Å². The third kappa shape index (κ3) is 5.05. The largest absolute Gasteiger partial charge is 0.479 e. The minimum atomic E-state index is -0.973. The summed E-state index contributed by atoms with van der Waals surface area (Å²) in [4.78, 5) is 10.6. The molecule has 0 fully saturated rings. The normalized spacial score (nSPS) is 11.9. The number of hydrogen-bond donors (Lipinski definition) is 3. The zero-order valence-electron chi connectivity index (χ0n) is 10.6. The lowest BCUT2D eigenvalue weighted by Gasteiger charge is -2.11. The van der Waals surface area contributed by atoms with E-state index < -0.39 is 12.1 Å². The lowest BCUT2D eigenvalue weighted by Crippen LogP contribution is -2.22. The SMILES string of the molecule is CC(Oc1ccc(NCCCCN)cc1)C(=O)O. The van der Waals surface area contributed by atoms with Gasteiger partial charge in [0.15, 0.2) is 6.10 Å². The van der Waals surface area contributed by atoms with E-state index in [-0.39, 0.29) is 0 Å². The first-order chi connectivity index (χ1) is 8.63. The van der Waals surface area contributed by atoms with E-state index in [9.17, 15) is 4.79 Å². The lowest BCUT2D eigenvalue weighted by atomic mass is 10.2. The van der Waals surface area contributed by atoms with Crippen molar-refractivity contribution >= 4 is 11.7 Å². The minimum absolute atomic E-state index is 0.553. The molecular formula is C13H20N2O3. The lowest BCUT2D eigenvalue weighted by molar-refractivity contribution is -0.144. The highest BCUT2D eigenvalue weighted by Crippen LogP contribution is 2.17. The Balaban J connectivity index is 2.40. The van der Waals surface area contributed by atoms with Gasteiger partial charge in [-0.3, -0.25) is 0 Å². The van der Waals surface area contributed by atoms with Crippen molar-refractivity contribution in [1.29, 1.82) is 0 Å². The van der Waals surface area contributed by atoms with Gasteiger partial charge >= 0.3 is 5.97 Å². The monoisotopic (exact) mass is 252 g/mol. The van der Waals surface area contributed by atoms with Gasteiger partial charge in [0.2, 0.25) is 0 Å². The molecule has 0 amide bonds. The van der Waals surface area contributed by atoms with Gasteiger partial charge in [0, 0.05) is 12.2 Å². The molecule has 100 valence electrons. The van der Waals surface area contributed by atoms with Crippen molar-refractivity contribution in [2.24, 2.45) is 5.73 Å². The molecule has 0 saturated heterocycles. The number of aliphatic carboxylic acids is 1. The molecule has 0 aliphatic carbocycles. The molecule has 0 aliphatic heterocycles. The van der Waals surface area contributed by atoms with E-state index in [1.54, 1.807) is 12.1 Å². The Morgan fingerprint density at radius 2 is 2.06 bits per heavy atom. The van der Waals surface area contributed by atoms with Crippen LogP contribution in [0.2, 0.25) is 0 Å². The predicted molar refractivity (Wildman–Crippen MR) is 70.9 cm³/mol. The van der Waals surface area contributed by atoms with Crippen LogP contribution >= 0.6 is 0 Å². The molecule has 0 bridgehead atoms. The van der Waals surface area contributed by atoms with Gasteiger partial charge in [-0.2, -0.15) is 0 Å². The zero-order chi connectivity index (χ0) is 13.4. The Hall–Kier alpha value is -1.75.